The second-order valence-corrected chi connectivity index (χ2v) is 13.7. The van der Waals surface area contributed by atoms with E-state index in [9.17, 15) is 0 Å². The molecule has 0 aromatic heterocycles. The fourth-order valence-corrected chi connectivity index (χ4v) is 9.75. The molecule has 216 valence electrons. The molecule has 3 unspecified atom stereocenters. The summed E-state index contributed by atoms with van der Waals surface area (Å²) in [5.41, 5.74) is 18.0. The number of fused-ring (bicyclic) bond motifs is 5. The van der Waals surface area contributed by atoms with Gasteiger partial charge in [0, 0.05) is 25.2 Å². The summed E-state index contributed by atoms with van der Waals surface area (Å²) < 4.78 is 20.0. The van der Waals surface area contributed by atoms with E-state index in [2.05, 4.69) is 27.7 Å². The molecule has 0 aromatic carbocycles. The molecule has 0 bridgehead atoms. The summed E-state index contributed by atoms with van der Waals surface area (Å²) in [6, 6.07) is 0. The van der Waals surface area contributed by atoms with Crippen molar-refractivity contribution < 1.29 is 14.2 Å². The van der Waals surface area contributed by atoms with Crippen LogP contribution in [-0.4, -0.2) is 57.8 Å². The molecule has 6 heteroatoms. The molecule has 4 aliphatic rings. The second-order valence-electron chi connectivity index (χ2n) is 13.7. The largest absolute Gasteiger partial charge is 0.378 e. The van der Waals surface area contributed by atoms with Crippen LogP contribution < -0.4 is 17.2 Å². The molecule has 0 aliphatic heterocycles. The maximum atomic E-state index is 6.84. The lowest BCUT2D eigenvalue weighted by Crippen LogP contribution is -2.63. The Morgan fingerprint density at radius 1 is 0.757 bits per heavy atom. The summed E-state index contributed by atoms with van der Waals surface area (Å²) >= 11 is 0. The minimum atomic E-state index is 0.213. The first-order chi connectivity index (χ1) is 17.8. The van der Waals surface area contributed by atoms with Crippen LogP contribution in [0.5, 0.6) is 0 Å². The summed E-state index contributed by atoms with van der Waals surface area (Å²) in [5.74, 6) is 3.97. The average molecular weight is 522 g/mol. The van der Waals surface area contributed by atoms with Gasteiger partial charge in [-0.25, -0.2) is 0 Å². The lowest BCUT2D eigenvalue weighted by atomic mass is 9.43. The highest BCUT2D eigenvalue weighted by atomic mass is 16.5. The predicted molar refractivity (Wildman–Crippen MR) is 151 cm³/mol. The third-order valence-corrected chi connectivity index (χ3v) is 11.6. The molecule has 10 atom stereocenters. The molecule has 4 aliphatic carbocycles. The van der Waals surface area contributed by atoms with E-state index in [4.69, 9.17) is 31.4 Å². The lowest BCUT2D eigenvalue weighted by Gasteiger charge is -2.64. The van der Waals surface area contributed by atoms with Gasteiger partial charge in [-0.3, -0.25) is 0 Å². The predicted octanol–water partition coefficient (Wildman–Crippen LogP) is 4.72. The SMILES string of the molecule is CC(C)[C@H]1CC[C@H]2C3[C@H](OCCCN)CC4C[C@H](OCCCN)CC[C@]4(C)[C@H]3CC(OCCCN)[C@]12C. The Kier molecular flexibility index (Phi) is 10.4. The Hall–Kier alpha value is -0.240. The van der Waals surface area contributed by atoms with E-state index in [1.807, 2.05) is 0 Å². The van der Waals surface area contributed by atoms with Crippen LogP contribution in [0.2, 0.25) is 0 Å². The molecule has 0 saturated heterocycles. The Balaban J connectivity index is 1.63. The maximum absolute atomic E-state index is 6.84. The minimum Gasteiger partial charge on any atom is -0.378 e. The minimum absolute atomic E-state index is 0.213. The van der Waals surface area contributed by atoms with Gasteiger partial charge in [0.15, 0.2) is 0 Å². The first-order valence-corrected chi connectivity index (χ1v) is 15.8. The lowest BCUT2D eigenvalue weighted by molar-refractivity contribution is -0.227. The van der Waals surface area contributed by atoms with Gasteiger partial charge in [-0.15, -0.1) is 0 Å². The van der Waals surface area contributed by atoms with Gasteiger partial charge < -0.3 is 31.4 Å². The van der Waals surface area contributed by atoms with Crippen molar-refractivity contribution in [3.63, 3.8) is 0 Å². The van der Waals surface area contributed by atoms with Crippen LogP contribution in [0.4, 0.5) is 0 Å². The van der Waals surface area contributed by atoms with Gasteiger partial charge in [-0.1, -0.05) is 27.7 Å². The molecule has 4 fully saturated rings. The summed E-state index contributed by atoms with van der Waals surface area (Å²) in [7, 11) is 0. The highest BCUT2D eigenvalue weighted by Crippen LogP contribution is 2.69. The van der Waals surface area contributed by atoms with Gasteiger partial charge in [-0.05, 0) is 125 Å². The van der Waals surface area contributed by atoms with Gasteiger partial charge in [0.25, 0.3) is 0 Å². The molecule has 37 heavy (non-hydrogen) atoms. The monoisotopic (exact) mass is 521 g/mol. The van der Waals surface area contributed by atoms with E-state index in [-0.39, 0.29) is 5.41 Å². The summed E-state index contributed by atoms with van der Waals surface area (Å²) in [5, 5.41) is 0. The normalized spacial score (nSPS) is 43.5. The Morgan fingerprint density at radius 2 is 1.41 bits per heavy atom. The third kappa shape index (κ3) is 5.81. The number of hydrogen-bond donors (Lipinski definition) is 3. The summed E-state index contributed by atoms with van der Waals surface area (Å²) in [4.78, 5) is 0. The summed E-state index contributed by atoms with van der Waals surface area (Å²) in [6.07, 6.45) is 12.5. The van der Waals surface area contributed by atoms with Crippen LogP contribution >= 0.6 is 0 Å². The molecule has 0 radical (unpaired) electrons. The maximum Gasteiger partial charge on any atom is 0.0637 e. The third-order valence-electron chi connectivity index (χ3n) is 11.6. The van der Waals surface area contributed by atoms with E-state index >= 15 is 0 Å². The van der Waals surface area contributed by atoms with Crippen LogP contribution in [0.3, 0.4) is 0 Å². The van der Waals surface area contributed by atoms with Crippen molar-refractivity contribution in [2.45, 2.75) is 110 Å². The quantitative estimate of drug-likeness (QED) is 0.303. The van der Waals surface area contributed by atoms with Crippen LogP contribution in [0.25, 0.3) is 0 Å². The zero-order valence-electron chi connectivity index (χ0n) is 24.5. The zero-order valence-corrected chi connectivity index (χ0v) is 24.5. The van der Waals surface area contributed by atoms with Crippen LogP contribution in [0.15, 0.2) is 0 Å². The number of rotatable bonds is 13. The Labute approximate surface area is 227 Å². The molecule has 6 N–H and O–H groups in total. The van der Waals surface area contributed by atoms with E-state index in [1.165, 1.54) is 38.5 Å². The topological polar surface area (TPSA) is 106 Å². The first-order valence-electron chi connectivity index (χ1n) is 15.8. The van der Waals surface area contributed by atoms with E-state index < -0.39 is 0 Å². The van der Waals surface area contributed by atoms with Gasteiger partial charge in [0.2, 0.25) is 0 Å². The highest BCUT2D eigenvalue weighted by Gasteiger charge is 2.66. The first kappa shape index (κ1) is 29.7. The van der Waals surface area contributed by atoms with Crippen molar-refractivity contribution in [3.05, 3.63) is 0 Å². The fraction of sp³-hybridized carbons (Fsp3) is 1.00. The van der Waals surface area contributed by atoms with Crippen LogP contribution in [0, 0.1) is 46.3 Å². The van der Waals surface area contributed by atoms with Gasteiger partial charge in [0.1, 0.15) is 0 Å². The molecule has 0 amide bonds. The molecule has 0 spiro atoms. The van der Waals surface area contributed by atoms with Crippen molar-refractivity contribution in [1.82, 2.24) is 0 Å². The summed E-state index contributed by atoms with van der Waals surface area (Å²) in [6.45, 7) is 14.6. The van der Waals surface area contributed by atoms with Crippen molar-refractivity contribution >= 4 is 0 Å². The molecule has 6 nitrogen and oxygen atoms in total. The molecule has 4 rings (SSSR count). The number of ether oxygens (including phenoxy) is 3. The Morgan fingerprint density at radius 3 is 2.05 bits per heavy atom. The number of nitrogens with two attached hydrogens (primary N) is 3. The van der Waals surface area contributed by atoms with Crippen LogP contribution in [-0.2, 0) is 14.2 Å². The smallest absolute Gasteiger partial charge is 0.0637 e. The Bertz CT molecular complexity index is 707. The molecular formula is C31H59N3O3. The molecule has 0 heterocycles. The molecule has 0 aromatic rings. The van der Waals surface area contributed by atoms with Gasteiger partial charge >= 0.3 is 0 Å². The standard InChI is InChI=1S/C31H59N3O3/c1-21(2)24-8-9-25-29-26(20-28(31(24,25)4)37-17-7-14-34)30(3)11-10-23(35-15-5-12-32)18-22(30)19-27(29)36-16-6-13-33/h21-29H,5-20,32-34H2,1-4H3/t22?,23-,24-,25+,26+,27-,28?,29?,30+,31-/m1/s1. The van der Waals surface area contributed by atoms with E-state index in [0.717, 1.165) is 45.5 Å². The van der Waals surface area contributed by atoms with Crippen molar-refractivity contribution in [1.29, 1.82) is 0 Å². The average Bonchev–Trinajstić information content (AvgIpc) is 3.23. The van der Waals surface area contributed by atoms with Crippen molar-refractivity contribution in [2.24, 2.45) is 63.5 Å². The van der Waals surface area contributed by atoms with Gasteiger partial charge in [0.05, 0.1) is 18.3 Å². The van der Waals surface area contributed by atoms with Crippen LogP contribution in [0.1, 0.15) is 91.9 Å². The van der Waals surface area contributed by atoms with E-state index in [0.29, 0.717) is 78.9 Å². The molecule has 4 saturated carbocycles. The van der Waals surface area contributed by atoms with Crippen molar-refractivity contribution in [2.75, 3.05) is 39.5 Å². The van der Waals surface area contributed by atoms with E-state index in [1.54, 1.807) is 0 Å². The molecular weight excluding hydrogens is 462 g/mol. The zero-order chi connectivity index (χ0) is 26.6. The second kappa shape index (κ2) is 13.0. The number of hydrogen-bond acceptors (Lipinski definition) is 6. The fourth-order valence-electron chi connectivity index (χ4n) is 9.75. The van der Waals surface area contributed by atoms with Crippen molar-refractivity contribution in [3.8, 4) is 0 Å². The highest BCUT2D eigenvalue weighted by molar-refractivity contribution is 5.15. The van der Waals surface area contributed by atoms with Gasteiger partial charge in [-0.2, -0.15) is 0 Å².